The first-order valence-corrected chi connectivity index (χ1v) is 7.00. The van der Waals surface area contributed by atoms with E-state index in [1.54, 1.807) is 12.1 Å². The number of benzene rings is 2. The molecular weight excluding hydrogens is 296 g/mol. The number of aliphatic carboxylic acids is 1. The van der Waals surface area contributed by atoms with E-state index in [1.165, 1.54) is 12.1 Å². The number of carbonyl (C=O) groups excluding carboxylic acids is 2. The highest BCUT2D eigenvalue weighted by atomic mass is 16.5. The molecule has 3 rings (SSSR count). The third-order valence-corrected chi connectivity index (χ3v) is 3.37. The molecule has 0 saturated carbocycles. The molecule has 1 aliphatic heterocycles. The minimum absolute atomic E-state index is 0.216. The molecule has 0 spiro atoms. The van der Waals surface area contributed by atoms with Crippen LogP contribution in [0.2, 0.25) is 0 Å². The molecule has 0 unspecified atom stereocenters. The van der Waals surface area contributed by atoms with Gasteiger partial charge in [-0.1, -0.05) is 29.8 Å². The Kier molecular flexibility index (Phi) is 3.85. The molecule has 1 heterocycles. The van der Waals surface area contributed by atoms with E-state index in [2.05, 4.69) is 0 Å². The molecule has 0 fully saturated rings. The Labute approximate surface area is 132 Å². The summed E-state index contributed by atoms with van der Waals surface area (Å²) in [6, 6.07) is 12.3. The van der Waals surface area contributed by atoms with Crippen molar-refractivity contribution in [2.24, 2.45) is 0 Å². The van der Waals surface area contributed by atoms with Crippen molar-refractivity contribution in [3.8, 4) is 11.5 Å². The van der Waals surface area contributed by atoms with E-state index in [0.717, 1.165) is 11.1 Å². The number of fused-ring (bicyclic) bond motifs is 1. The van der Waals surface area contributed by atoms with Gasteiger partial charge in [-0.2, -0.15) is 0 Å². The summed E-state index contributed by atoms with van der Waals surface area (Å²) in [4.78, 5) is 22.7. The van der Waals surface area contributed by atoms with Gasteiger partial charge in [-0.05, 0) is 30.7 Å². The summed E-state index contributed by atoms with van der Waals surface area (Å²) >= 11 is 0. The van der Waals surface area contributed by atoms with Crippen LogP contribution in [0.3, 0.4) is 0 Å². The average molecular weight is 309 g/mol. The number of rotatable bonds is 4. The third-order valence-electron chi connectivity index (χ3n) is 3.37. The molecular formula is C18H13O5-. The van der Waals surface area contributed by atoms with Gasteiger partial charge in [0.05, 0.1) is 11.5 Å². The fourth-order valence-corrected chi connectivity index (χ4v) is 2.21. The van der Waals surface area contributed by atoms with Crippen LogP contribution in [0.1, 0.15) is 21.5 Å². The second-order valence-electron chi connectivity index (χ2n) is 5.17. The fraction of sp³-hybridized carbons (Fsp3) is 0.111. The molecule has 5 nitrogen and oxygen atoms in total. The summed E-state index contributed by atoms with van der Waals surface area (Å²) in [7, 11) is 0. The molecule has 0 atom stereocenters. The van der Waals surface area contributed by atoms with Gasteiger partial charge in [-0.15, -0.1) is 0 Å². The number of ketones is 1. The van der Waals surface area contributed by atoms with Gasteiger partial charge < -0.3 is 19.4 Å². The van der Waals surface area contributed by atoms with Crippen LogP contribution in [-0.2, 0) is 4.79 Å². The van der Waals surface area contributed by atoms with Crippen LogP contribution in [-0.4, -0.2) is 18.4 Å². The molecule has 2 aromatic carbocycles. The van der Waals surface area contributed by atoms with Crippen LogP contribution in [0.25, 0.3) is 6.08 Å². The van der Waals surface area contributed by atoms with Gasteiger partial charge in [0, 0.05) is 6.07 Å². The van der Waals surface area contributed by atoms with Gasteiger partial charge in [0.2, 0.25) is 5.78 Å². The lowest BCUT2D eigenvalue weighted by molar-refractivity contribution is -0.307. The topological polar surface area (TPSA) is 75.7 Å². The van der Waals surface area contributed by atoms with Crippen LogP contribution < -0.4 is 14.6 Å². The van der Waals surface area contributed by atoms with Gasteiger partial charge >= 0.3 is 0 Å². The summed E-state index contributed by atoms with van der Waals surface area (Å²) in [5.74, 6) is -0.656. The van der Waals surface area contributed by atoms with E-state index in [9.17, 15) is 14.7 Å². The Hall–Kier alpha value is -3.08. The number of carboxylic acid groups (broad SMARTS) is 1. The molecule has 2 aromatic rings. The number of allylic oxidation sites excluding steroid dienone is 1. The molecule has 0 radical (unpaired) electrons. The maximum absolute atomic E-state index is 12.3. The van der Waals surface area contributed by atoms with Crippen molar-refractivity contribution in [1.29, 1.82) is 0 Å². The number of aryl methyl sites for hydroxylation is 1. The molecule has 0 aliphatic carbocycles. The Morgan fingerprint density at radius 1 is 1.22 bits per heavy atom. The predicted octanol–water partition coefficient (Wildman–Crippen LogP) is 1.74. The van der Waals surface area contributed by atoms with E-state index >= 15 is 0 Å². The highest BCUT2D eigenvalue weighted by Crippen LogP contribution is 2.34. The Bertz CT molecular complexity index is 803. The van der Waals surface area contributed by atoms with Gasteiger partial charge in [0.1, 0.15) is 18.1 Å². The molecule has 5 heteroatoms. The summed E-state index contributed by atoms with van der Waals surface area (Å²) in [5.41, 5.74) is 2.41. The number of hydrogen-bond donors (Lipinski definition) is 0. The lowest BCUT2D eigenvalue weighted by Gasteiger charge is -2.07. The van der Waals surface area contributed by atoms with E-state index in [-0.39, 0.29) is 11.5 Å². The number of Topliss-reactive ketones (excluding diaryl/α,β-unsaturated/α-hetero) is 1. The minimum atomic E-state index is -1.32. The minimum Gasteiger partial charge on any atom is -0.546 e. The summed E-state index contributed by atoms with van der Waals surface area (Å²) in [6.07, 6.45) is 1.67. The van der Waals surface area contributed by atoms with Gasteiger partial charge in [-0.3, -0.25) is 4.79 Å². The number of hydrogen-bond acceptors (Lipinski definition) is 5. The maximum Gasteiger partial charge on any atom is 0.231 e. The standard InChI is InChI=1S/C18H14O5/c1-11-2-4-12(5-3-11)8-16-18(21)14-7-6-13(9-15(14)23-16)22-10-17(19)20/h2-9H,10H2,1H3,(H,19,20)/p-1. The van der Waals surface area contributed by atoms with E-state index in [0.29, 0.717) is 17.1 Å². The van der Waals surface area contributed by atoms with Crippen LogP contribution in [0.5, 0.6) is 11.5 Å². The molecule has 23 heavy (non-hydrogen) atoms. The first-order chi connectivity index (χ1) is 11.0. The monoisotopic (exact) mass is 309 g/mol. The lowest BCUT2D eigenvalue weighted by atomic mass is 10.1. The van der Waals surface area contributed by atoms with Gasteiger partial charge in [0.15, 0.2) is 5.76 Å². The lowest BCUT2D eigenvalue weighted by Crippen LogP contribution is -2.28. The quantitative estimate of drug-likeness (QED) is 0.804. The first-order valence-electron chi connectivity index (χ1n) is 7.00. The molecule has 116 valence electrons. The van der Waals surface area contributed by atoms with Crippen molar-refractivity contribution in [3.05, 3.63) is 64.9 Å². The second kappa shape index (κ2) is 5.96. The smallest absolute Gasteiger partial charge is 0.231 e. The Balaban J connectivity index is 1.83. The number of carboxylic acids is 1. The summed E-state index contributed by atoms with van der Waals surface area (Å²) in [6.45, 7) is 1.43. The zero-order chi connectivity index (χ0) is 16.4. The summed E-state index contributed by atoms with van der Waals surface area (Å²) in [5, 5.41) is 10.4. The Morgan fingerprint density at radius 2 is 1.96 bits per heavy atom. The molecule has 0 aromatic heterocycles. The number of carbonyl (C=O) groups is 2. The van der Waals surface area contributed by atoms with Crippen LogP contribution >= 0.6 is 0 Å². The van der Waals surface area contributed by atoms with Crippen molar-refractivity contribution in [1.82, 2.24) is 0 Å². The first kappa shape index (κ1) is 14.8. The van der Waals surface area contributed by atoms with E-state index < -0.39 is 12.6 Å². The molecule has 0 saturated heterocycles. The summed E-state index contributed by atoms with van der Waals surface area (Å²) < 4.78 is 10.6. The predicted molar refractivity (Wildman–Crippen MR) is 81.1 cm³/mol. The highest BCUT2D eigenvalue weighted by molar-refractivity contribution is 6.14. The maximum atomic E-state index is 12.3. The SMILES string of the molecule is Cc1ccc(C=C2Oc3cc(OCC(=O)[O-])ccc3C2=O)cc1. The van der Waals surface area contributed by atoms with Crippen LogP contribution in [0.15, 0.2) is 48.2 Å². The third kappa shape index (κ3) is 3.23. The molecule has 0 amide bonds. The van der Waals surface area contributed by atoms with Crippen LogP contribution in [0, 0.1) is 6.92 Å². The van der Waals surface area contributed by atoms with Crippen molar-refractivity contribution in [2.45, 2.75) is 6.92 Å². The zero-order valence-corrected chi connectivity index (χ0v) is 12.4. The van der Waals surface area contributed by atoms with Crippen molar-refractivity contribution >= 4 is 17.8 Å². The van der Waals surface area contributed by atoms with Crippen molar-refractivity contribution < 1.29 is 24.2 Å². The van der Waals surface area contributed by atoms with E-state index in [1.807, 2.05) is 31.2 Å². The molecule has 0 bridgehead atoms. The molecule has 1 aliphatic rings. The fourth-order valence-electron chi connectivity index (χ4n) is 2.21. The van der Waals surface area contributed by atoms with Crippen LogP contribution in [0.4, 0.5) is 0 Å². The second-order valence-corrected chi connectivity index (χ2v) is 5.17. The average Bonchev–Trinajstić information content (AvgIpc) is 2.83. The zero-order valence-electron chi connectivity index (χ0n) is 12.4. The van der Waals surface area contributed by atoms with Gasteiger partial charge in [-0.25, -0.2) is 0 Å². The van der Waals surface area contributed by atoms with Crippen molar-refractivity contribution in [3.63, 3.8) is 0 Å². The number of ether oxygens (including phenoxy) is 2. The largest absolute Gasteiger partial charge is 0.546 e. The van der Waals surface area contributed by atoms with E-state index in [4.69, 9.17) is 9.47 Å². The highest BCUT2D eigenvalue weighted by Gasteiger charge is 2.27. The van der Waals surface area contributed by atoms with Gasteiger partial charge in [0.25, 0.3) is 0 Å². The Morgan fingerprint density at radius 3 is 2.65 bits per heavy atom. The molecule has 0 N–H and O–H groups in total. The van der Waals surface area contributed by atoms with Crippen molar-refractivity contribution in [2.75, 3.05) is 6.61 Å². The normalized spacial score (nSPS) is 14.5.